The summed E-state index contributed by atoms with van der Waals surface area (Å²) in [5.41, 5.74) is -0.140. The van der Waals surface area contributed by atoms with Crippen molar-refractivity contribution in [2.45, 2.75) is 20.8 Å². The molecule has 1 N–H and O–H groups in total. The summed E-state index contributed by atoms with van der Waals surface area (Å²) in [6.45, 7) is 3.54. The summed E-state index contributed by atoms with van der Waals surface area (Å²) in [6, 6.07) is 0. The molecule has 0 unspecified atom stereocenters. The lowest BCUT2D eigenvalue weighted by atomic mass is 10.1. The van der Waals surface area contributed by atoms with Crippen molar-refractivity contribution in [2.75, 3.05) is 32.2 Å². The quantitative estimate of drug-likeness (QED) is 0.551. The van der Waals surface area contributed by atoms with Crippen LogP contribution in [-0.4, -0.2) is 50.6 Å². The summed E-state index contributed by atoms with van der Waals surface area (Å²) in [5.74, 6) is -2.74. The highest BCUT2D eigenvalue weighted by Gasteiger charge is 2.28. The van der Waals surface area contributed by atoms with Gasteiger partial charge >= 0.3 is 11.9 Å². The highest BCUT2D eigenvalue weighted by molar-refractivity contribution is 6.10. The van der Waals surface area contributed by atoms with E-state index in [1.165, 1.54) is 21.0 Å². The number of hydrogen-bond acceptors (Lipinski definition) is 8. The smallest absolute Gasteiger partial charge is 0.344 e. The summed E-state index contributed by atoms with van der Waals surface area (Å²) in [6.07, 6.45) is 0. The van der Waals surface area contributed by atoms with Crippen LogP contribution < -0.4 is 5.32 Å². The van der Waals surface area contributed by atoms with Gasteiger partial charge in [-0.2, -0.15) is 0 Å². The zero-order valence-corrected chi connectivity index (χ0v) is 13.9. The monoisotopic (exact) mass is 341 g/mol. The highest BCUT2D eigenvalue weighted by atomic mass is 16.6. The van der Waals surface area contributed by atoms with Gasteiger partial charge in [0.05, 0.1) is 12.2 Å². The molecule has 1 aromatic heterocycles. The minimum Gasteiger partial charge on any atom is -0.462 e. The molecule has 1 amide bonds. The average molecular weight is 341 g/mol. The number of ether oxygens (including phenoxy) is 3. The second-order valence-electron chi connectivity index (χ2n) is 4.66. The molecule has 0 aromatic carbocycles. The number of carbonyl (C=O) groups excluding carboxylic acids is 4. The van der Waals surface area contributed by atoms with Crippen molar-refractivity contribution in [3.63, 3.8) is 0 Å². The number of aryl methyl sites for hydroxylation is 1. The number of amides is 1. The van der Waals surface area contributed by atoms with Crippen molar-refractivity contribution >= 4 is 29.5 Å². The zero-order valence-electron chi connectivity index (χ0n) is 13.9. The predicted octanol–water partition coefficient (Wildman–Crippen LogP) is 1.10. The Hall–Kier alpha value is -2.68. The van der Waals surface area contributed by atoms with E-state index in [0.29, 0.717) is 0 Å². The molecule has 0 radical (unpaired) electrons. The third-order valence-corrected chi connectivity index (χ3v) is 2.80. The molecule has 9 nitrogen and oxygen atoms in total. The van der Waals surface area contributed by atoms with Crippen molar-refractivity contribution in [3.8, 4) is 0 Å². The molecule has 0 spiro atoms. The Kier molecular flexibility index (Phi) is 7.12. The molecule has 0 saturated heterocycles. The Balaban J connectivity index is 2.96. The minimum atomic E-state index is -0.800. The summed E-state index contributed by atoms with van der Waals surface area (Å²) in [7, 11) is 1.31. The number of ketones is 1. The molecule has 0 fully saturated rings. The van der Waals surface area contributed by atoms with E-state index in [2.05, 4.69) is 14.8 Å². The van der Waals surface area contributed by atoms with Gasteiger partial charge in [0.25, 0.3) is 5.91 Å². The summed E-state index contributed by atoms with van der Waals surface area (Å²) < 4.78 is 19.4. The summed E-state index contributed by atoms with van der Waals surface area (Å²) >= 11 is 0. The van der Waals surface area contributed by atoms with Crippen LogP contribution in [0.1, 0.15) is 40.3 Å². The van der Waals surface area contributed by atoms with Gasteiger partial charge in [-0.25, -0.2) is 9.59 Å². The largest absolute Gasteiger partial charge is 0.462 e. The van der Waals surface area contributed by atoms with Crippen molar-refractivity contribution in [1.29, 1.82) is 0 Å². The Morgan fingerprint density at radius 3 is 2.29 bits per heavy atom. The van der Waals surface area contributed by atoms with E-state index in [0.717, 1.165) is 0 Å². The molecule has 9 heteroatoms. The molecule has 24 heavy (non-hydrogen) atoms. The number of Topliss-reactive ketones (excluding diaryl/α,β-unsaturated/α-hetero) is 1. The molecule has 1 aromatic rings. The SMILES string of the molecule is CCOC(=O)c1c(NC(=O)COC(=O)COC)oc(C)c1C(C)=O. The third-order valence-electron chi connectivity index (χ3n) is 2.80. The van der Waals surface area contributed by atoms with Gasteiger partial charge in [0.2, 0.25) is 5.88 Å². The fourth-order valence-corrected chi connectivity index (χ4v) is 1.92. The predicted molar refractivity (Wildman–Crippen MR) is 80.9 cm³/mol. The number of rotatable bonds is 8. The topological polar surface area (TPSA) is 121 Å². The number of carbonyl (C=O) groups is 4. The molecule has 132 valence electrons. The van der Waals surface area contributed by atoms with Crippen molar-refractivity contribution in [2.24, 2.45) is 0 Å². The van der Waals surface area contributed by atoms with E-state index in [4.69, 9.17) is 9.15 Å². The average Bonchev–Trinajstić information content (AvgIpc) is 2.82. The minimum absolute atomic E-state index is 0.0279. The Bertz CT molecular complexity index is 646. The van der Waals surface area contributed by atoms with Crippen molar-refractivity contribution in [1.82, 2.24) is 0 Å². The maximum Gasteiger partial charge on any atom is 0.344 e. The number of hydrogen-bond donors (Lipinski definition) is 1. The van der Waals surface area contributed by atoms with Gasteiger partial charge in [-0.05, 0) is 20.8 Å². The summed E-state index contributed by atoms with van der Waals surface area (Å²) in [4.78, 5) is 46.7. The van der Waals surface area contributed by atoms with Crippen molar-refractivity contribution in [3.05, 3.63) is 16.9 Å². The van der Waals surface area contributed by atoms with Gasteiger partial charge in [0.15, 0.2) is 12.4 Å². The first-order valence-corrected chi connectivity index (χ1v) is 7.07. The highest BCUT2D eigenvalue weighted by Crippen LogP contribution is 2.28. The molecular weight excluding hydrogens is 322 g/mol. The lowest BCUT2D eigenvalue weighted by Crippen LogP contribution is -2.23. The first kappa shape index (κ1) is 19.4. The second-order valence-corrected chi connectivity index (χ2v) is 4.66. The number of methoxy groups -OCH3 is 1. The van der Waals surface area contributed by atoms with E-state index in [9.17, 15) is 19.2 Å². The van der Waals surface area contributed by atoms with E-state index >= 15 is 0 Å². The fraction of sp³-hybridized carbons (Fsp3) is 0.467. The molecule has 0 bridgehead atoms. The standard InChI is InChI=1S/C15H19NO8/c1-5-22-15(20)13-12(8(2)17)9(3)24-14(13)16-10(18)6-23-11(19)7-21-4/h5-7H2,1-4H3,(H,16,18). The van der Waals surface area contributed by atoms with Crippen LogP contribution in [0.2, 0.25) is 0 Å². The maximum absolute atomic E-state index is 12.0. The van der Waals surface area contributed by atoms with Crippen LogP contribution in [0.15, 0.2) is 4.42 Å². The number of nitrogens with one attached hydrogen (secondary N) is 1. The first-order valence-electron chi connectivity index (χ1n) is 7.07. The Labute approximate surface area is 138 Å². The molecule has 0 aliphatic carbocycles. The summed E-state index contributed by atoms with van der Waals surface area (Å²) in [5, 5.41) is 2.29. The second kappa shape index (κ2) is 8.82. The maximum atomic E-state index is 12.0. The van der Waals surface area contributed by atoms with E-state index in [1.807, 2.05) is 0 Å². The van der Waals surface area contributed by atoms with Gasteiger partial charge in [-0.3, -0.25) is 14.9 Å². The molecule has 1 heterocycles. The van der Waals surface area contributed by atoms with Gasteiger partial charge in [0, 0.05) is 7.11 Å². The van der Waals surface area contributed by atoms with Crippen LogP contribution in [0.25, 0.3) is 0 Å². The lowest BCUT2D eigenvalue weighted by Gasteiger charge is -2.06. The normalized spacial score (nSPS) is 10.2. The Morgan fingerprint density at radius 2 is 1.75 bits per heavy atom. The van der Waals surface area contributed by atoms with Crippen LogP contribution in [0, 0.1) is 6.92 Å². The third kappa shape index (κ3) is 4.92. The van der Waals surface area contributed by atoms with Crippen LogP contribution in [0.3, 0.4) is 0 Å². The van der Waals surface area contributed by atoms with Crippen LogP contribution >= 0.6 is 0 Å². The van der Waals surface area contributed by atoms with Crippen LogP contribution in [0.4, 0.5) is 5.88 Å². The molecule has 1 rings (SSSR count). The van der Waals surface area contributed by atoms with Crippen LogP contribution in [0.5, 0.6) is 0 Å². The number of esters is 2. The van der Waals surface area contributed by atoms with E-state index < -0.39 is 30.2 Å². The molecule has 0 aliphatic rings. The van der Waals surface area contributed by atoms with Gasteiger partial charge < -0.3 is 18.6 Å². The van der Waals surface area contributed by atoms with Crippen molar-refractivity contribution < 1.29 is 37.8 Å². The van der Waals surface area contributed by atoms with Gasteiger partial charge in [-0.15, -0.1) is 0 Å². The molecule has 0 saturated carbocycles. The molecular formula is C15H19NO8. The van der Waals surface area contributed by atoms with E-state index in [-0.39, 0.29) is 36.0 Å². The van der Waals surface area contributed by atoms with Crippen LogP contribution in [-0.2, 0) is 23.8 Å². The fourth-order valence-electron chi connectivity index (χ4n) is 1.92. The molecule has 0 atom stereocenters. The van der Waals surface area contributed by atoms with Gasteiger partial charge in [-0.1, -0.05) is 0 Å². The zero-order chi connectivity index (χ0) is 18.3. The molecule has 0 aliphatic heterocycles. The first-order chi connectivity index (χ1) is 11.3. The van der Waals surface area contributed by atoms with E-state index in [1.54, 1.807) is 6.92 Å². The van der Waals surface area contributed by atoms with Gasteiger partial charge in [0.1, 0.15) is 17.9 Å². The Morgan fingerprint density at radius 1 is 1.08 bits per heavy atom. The lowest BCUT2D eigenvalue weighted by molar-refractivity contribution is -0.151. The number of anilines is 1. The number of furan rings is 1.